The lowest BCUT2D eigenvalue weighted by Crippen LogP contribution is -2.19. The molecule has 0 radical (unpaired) electrons. The first-order valence-corrected chi connectivity index (χ1v) is 9.26. The minimum atomic E-state index is -0.494. The second kappa shape index (κ2) is 8.30. The number of carbonyl (C=O) groups excluding carboxylic acids is 1. The molecule has 0 unspecified atom stereocenters. The summed E-state index contributed by atoms with van der Waals surface area (Å²) >= 11 is 6.23. The Morgan fingerprint density at radius 1 is 1.23 bits per heavy atom. The van der Waals surface area contributed by atoms with Crippen molar-refractivity contribution in [2.75, 3.05) is 0 Å². The highest BCUT2D eigenvalue weighted by molar-refractivity contribution is 6.33. The van der Waals surface area contributed by atoms with E-state index in [1.807, 2.05) is 0 Å². The van der Waals surface area contributed by atoms with Crippen LogP contribution in [0, 0.1) is 12.7 Å². The molecule has 0 aliphatic carbocycles. The van der Waals surface area contributed by atoms with Crippen molar-refractivity contribution in [3.8, 4) is 22.5 Å². The molecule has 0 saturated carbocycles. The number of nitrogens with one attached hydrogen (secondary N) is 2. The lowest BCUT2D eigenvalue weighted by atomic mass is 10.1. The van der Waals surface area contributed by atoms with Gasteiger partial charge in [0, 0.05) is 16.7 Å². The standard InChI is InChI=1S/C21H15ClFN5O2/c1-12-18(20(28-30-12)16-4-2-3-5-17(16)22)21(29)27-25-11-14-10-24-26-19(14)13-6-8-15(23)9-7-13/h2-11H,1H3,(H,24,26)(H,27,29)/b25-11-. The van der Waals surface area contributed by atoms with Crippen LogP contribution >= 0.6 is 11.6 Å². The quantitative estimate of drug-likeness (QED) is 0.362. The first-order chi connectivity index (χ1) is 14.5. The van der Waals surface area contributed by atoms with Gasteiger partial charge in [0.1, 0.15) is 22.8 Å². The number of aryl methyl sites for hydroxylation is 1. The van der Waals surface area contributed by atoms with E-state index in [9.17, 15) is 9.18 Å². The topological polar surface area (TPSA) is 96.2 Å². The van der Waals surface area contributed by atoms with Gasteiger partial charge >= 0.3 is 0 Å². The monoisotopic (exact) mass is 423 g/mol. The fraction of sp³-hybridized carbons (Fsp3) is 0.0476. The van der Waals surface area contributed by atoms with E-state index in [0.29, 0.717) is 33.3 Å². The zero-order valence-electron chi connectivity index (χ0n) is 15.7. The minimum absolute atomic E-state index is 0.242. The van der Waals surface area contributed by atoms with Crippen molar-refractivity contribution in [3.63, 3.8) is 0 Å². The molecule has 0 fully saturated rings. The third kappa shape index (κ3) is 3.85. The molecule has 0 bridgehead atoms. The fourth-order valence-electron chi connectivity index (χ4n) is 2.93. The van der Waals surface area contributed by atoms with Crippen molar-refractivity contribution < 1.29 is 13.7 Å². The van der Waals surface area contributed by atoms with Crippen molar-refractivity contribution in [1.29, 1.82) is 0 Å². The SMILES string of the molecule is Cc1onc(-c2ccccc2Cl)c1C(=O)N/N=C\c1cn[nH]c1-c1ccc(F)cc1. The molecular formula is C21H15ClFN5O2. The van der Waals surface area contributed by atoms with E-state index in [2.05, 4.69) is 25.9 Å². The molecule has 0 aliphatic heterocycles. The molecule has 0 saturated heterocycles. The number of rotatable bonds is 5. The summed E-state index contributed by atoms with van der Waals surface area (Å²) in [7, 11) is 0. The van der Waals surface area contributed by atoms with Crippen molar-refractivity contribution in [2.24, 2.45) is 5.10 Å². The summed E-state index contributed by atoms with van der Waals surface area (Å²) in [6.07, 6.45) is 2.99. The van der Waals surface area contributed by atoms with Gasteiger partial charge in [0.05, 0.1) is 23.1 Å². The van der Waals surface area contributed by atoms with Crippen molar-refractivity contribution in [1.82, 2.24) is 20.8 Å². The number of hydrazone groups is 1. The third-order valence-electron chi connectivity index (χ3n) is 4.39. The van der Waals surface area contributed by atoms with Crippen molar-refractivity contribution >= 4 is 23.7 Å². The van der Waals surface area contributed by atoms with E-state index in [1.54, 1.807) is 49.5 Å². The van der Waals surface area contributed by atoms with E-state index in [0.717, 1.165) is 5.56 Å². The highest BCUT2D eigenvalue weighted by atomic mass is 35.5. The Labute approximate surface area is 175 Å². The highest BCUT2D eigenvalue weighted by Crippen LogP contribution is 2.30. The van der Waals surface area contributed by atoms with Crippen LogP contribution in [-0.4, -0.2) is 27.5 Å². The van der Waals surface area contributed by atoms with Gasteiger partial charge < -0.3 is 4.52 Å². The van der Waals surface area contributed by atoms with Gasteiger partial charge in [-0.1, -0.05) is 35.0 Å². The number of halogens is 2. The summed E-state index contributed by atoms with van der Waals surface area (Å²) in [6.45, 7) is 1.63. The number of hydrogen-bond acceptors (Lipinski definition) is 5. The van der Waals surface area contributed by atoms with Gasteiger partial charge in [0.25, 0.3) is 5.91 Å². The van der Waals surface area contributed by atoms with E-state index >= 15 is 0 Å². The smallest absolute Gasteiger partial charge is 0.277 e. The molecule has 2 aromatic carbocycles. The summed E-state index contributed by atoms with van der Waals surface area (Å²) in [6, 6.07) is 13.0. The van der Waals surface area contributed by atoms with Crippen molar-refractivity contribution in [2.45, 2.75) is 6.92 Å². The molecule has 0 spiro atoms. The largest absolute Gasteiger partial charge is 0.360 e. The Balaban J connectivity index is 1.55. The zero-order chi connectivity index (χ0) is 21.1. The molecule has 1 amide bonds. The molecule has 9 heteroatoms. The van der Waals surface area contributed by atoms with Crippen LogP contribution < -0.4 is 5.43 Å². The van der Waals surface area contributed by atoms with E-state index < -0.39 is 5.91 Å². The van der Waals surface area contributed by atoms with Crippen LogP contribution in [-0.2, 0) is 0 Å². The molecule has 30 heavy (non-hydrogen) atoms. The molecule has 2 heterocycles. The normalized spacial score (nSPS) is 11.2. The van der Waals surface area contributed by atoms with Crippen LogP contribution in [0.3, 0.4) is 0 Å². The summed E-state index contributed by atoms with van der Waals surface area (Å²) in [4.78, 5) is 12.7. The van der Waals surface area contributed by atoms with E-state index in [4.69, 9.17) is 16.1 Å². The number of benzene rings is 2. The third-order valence-corrected chi connectivity index (χ3v) is 4.72. The lowest BCUT2D eigenvalue weighted by molar-refractivity contribution is 0.0954. The van der Waals surface area contributed by atoms with Crippen LogP contribution in [0.2, 0.25) is 5.02 Å². The Kier molecular flexibility index (Phi) is 5.40. The predicted molar refractivity (Wildman–Crippen MR) is 111 cm³/mol. The van der Waals surface area contributed by atoms with Gasteiger partial charge in [0.15, 0.2) is 0 Å². The number of aromatic nitrogens is 3. The average Bonchev–Trinajstić information content (AvgIpc) is 3.35. The highest BCUT2D eigenvalue weighted by Gasteiger charge is 2.22. The van der Waals surface area contributed by atoms with Gasteiger partial charge in [-0.25, -0.2) is 9.82 Å². The number of hydrogen-bond donors (Lipinski definition) is 2. The van der Waals surface area contributed by atoms with Crippen LogP contribution in [0.4, 0.5) is 4.39 Å². The van der Waals surface area contributed by atoms with Crippen LogP contribution in [0.5, 0.6) is 0 Å². The van der Waals surface area contributed by atoms with E-state index in [1.165, 1.54) is 18.3 Å². The molecule has 0 aliphatic rings. The van der Waals surface area contributed by atoms with Gasteiger partial charge in [-0.3, -0.25) is 9.89 Å². The van der Waals surface area contributed by atoms with Gasteiger partial charge in [0.2, 0.25) is 0 Å². The molecular weight excluding hydrogens is 409 g/mol. The Morgan fingerprint density at radius 3 is 2.77 bits per heavy atom. The van der Waals surface area contributed by atoms with Crippen LogP contribution in [0.25, 0.3) is 22.5 Å². The number of aromatic amines is 1. The molecule has 4 aromatic rings. The lowest BCUT2D eigenvalue weighted by Gasteiger charge is -2.03. The molecule has 2 N–H and O–H groups in total. The van der Waals surface area contributed by atoms with Gasteiger partial charge in [-0.15, -0.1) is 0 Å². The Morgan fingerprint density at radius 2 is 2.00 bits per heavy atom. The predicted octanol–water partition coefficient (Wildman–Crippen LogP) is 4.60. The van der Waals surface area contributed by atoms with Gasteiger partial charge in [-0.2, -0.15) is 10.2 Å². The maximum atomic E-state index is 13.1. The number of nitrogens with zero attached hydrogens (tertiary/aromatic N) is 3. The second-order valence-electron chi connectivity index (χ2n) is 6.35. The number of amides is 1. The maximum Gasteiger partial charge on any atom is 0.277 e. The summed E-state index contributed by atoms with van der Waals surface area (Å²) in [5.74, 6) is -0.487. The van der Waals surface area contributed by atoms with Gasteiger partial charge in [-0.05, 0) is 37.3 Å². The summed E-state index contributed by atoms with van der Waals surface area (Å²) in [5, 5.41) is 15.3. The van der Waals surface area contributed by atoms with Crippen LogP contribution in [0.15, 0.2) is 64.4 Å². The molecule has 150 valence electrons. The number of H-pyrrole nitrogens is 1. The van der Waals surface area contributed by atoms with E-state index in [-0.39, 0.29) is 11.4 Å². The summed E-state index contributed by atoms with van der Waals surface area (Å²) in [5.41, 5.74) is 5.62. The maximum absolute atomic E-state index is 13.1. The molecule has 2 aromatic heterocycles. The minimum Gasteiger partial charge on any atom is -0.360 e. The van der Waals surface area contributed by atoms with Crippen molar-refractivity contribution in [3.05, 3.63) is 82.5 Å². The Bertz CT molecular complexity index is 1230. The molecule has 4 rings (SSSR count). The second-order valence-corrected chi connectivity index (χ2v) is 6.76. The average molecular weight is 424 g/mol. The van der Waals surface area contributed by atoms with Crippen LogP contribution in [0.1, 0.15) is 21.7 Å². The molecule has 7 nitrogen and oxygen atoms in total. The molecule has 0 atom stereocenters. The number of carbonyl (C=O) groups is 1. The zero-order valence-corrected chi connectivity index (χ0v) is 16.4. The summed E-state index contributed by atoms with van der Waals surface area (Å²) < 4.78 is 18.3. The first kappa shape index (κ1) is 19.5. The first-order valence-electron chi connectivity index (χ1n) is 8.88. The Hall–Kier alpha value is -3.78. The fourth-order valence-corrected chi connectivity index (χ4v) is 3.16.